The third-order valence-corrected chi connectivity index (χ3v) is 5.36. The molecule has 1 N–H and O–H groups in total. The van der Waals surface area contributed by atoms with Crippen LogP contribution in [0.2, 0.25) is 0 Å². The normalized spacial score (nSPS) is 15.6. The summed E-state index contributed by atoms with van der Waals surface area (Å²) < 4.78 is 43.3. The van der Waals surface area contributed by atoms with E-state index in [0.717, 1.165) is 36.7 Å². The van der Waals surface area contributed by atoms with Crippen LogP contribution in [0.4, 0.5) is 19.0 Å². The van der Waals surface area contributed by atoms with Crippen LogP contribution >= 0.6 is 0 Å². The number of benzene rings is 1. The van der Waals surface area contributed by atoms with Crippen molar-refractivity contribution in [3.8, 4) is 0 Å². The molecule has 168 valence electrons. The standard InChI is InChI=1S/C22H22F3N5O2/c1-14(15-12-27-21(28-13-15)22(23,24)25)11-26-20(31)17-3-2-4-18-16(17)5-6-19(29-18)30-7-9-32-10-8-30/h2-6,12-14H,7-11H2,1H3,(H,26,31)/t14-/m0/s1. The summed E-state index contributed by atoms with van der Waals surface area (Å²) in [5.74, 6) is -0.884. The molecule has 0 radical (unpaired) electrons. The van der Waals surface area contributed by atoms with Gasteiger partial charge in [0.15, 0.2) is 0 Å². The number of fused-ring (bicyclic) bond motifs is 1. The van der Waals surface area contributed by atoms with Crippen molar-refractivity contribution in [3.63, 3.8) is 0 Å². The number of anilines is 1. The number of ether oxygens (including phenoxy) is 1. The van der Waals surface area contributed by atoms with Gasteiger partial charge in [0.05, 0.1) is 18.7 Å². The lowest BCUT2D eigenvalue weighted by Gasteiger charge is -2.28. The molecule has 0 spiro atoms. The molecular weight excluding hydrogens is 423 g/mol. The van der Waals surface area contributed by atoms with Gasteiger partial charge in [-0.25, -0.2) is 15.0 Å². The lowest BCUT2D eigenvalue weighted by molar-refractivity contribution is -0.145. The maximum absolute atomic E-state index is 12.8. The Kier molecular flexibility index (Phi) is 6.22. The molecule has 2 aromatic heterocycles. The van der Waals surface area contributed by atoms with E-state index in [4.69, 9.17) is 9.72 Å². The quantitative estimate of drug-likeness (QED) is 0.648. The Hall–Kier alpha value is -3.27. The van der Waals surface area contributed by atoms with Crippen LogP contribution in [0, 0.1) is 0 Å². The van der Waals surface area contributed by atoms with Crippen molar-refractivity contribution in [3.05, 3.63) is 59.7 Å². The Morgan fingerprint density at radius 1 is 1.16 bits per heavy atom. The number of aromatic nitrogens is 3. The van der Waals surface area contributed by atoms with E-state index in [1.165, 1.54) is 0 Å². The molecule has 1 amide bonds. The number of nitrogens with one attached hydrogen (secondary N) is 1. The molecule has 10 heteroatoms. The Labute approximate surface area is 182 Å². The van der Waals surface area contributed by atoms with Gasteiger partial charge in [-0.15, -0.1) is 0 Å². The van der Waals surface area contributed by atoms with E-state index in [0.29, 0.717) is 29.9 Å². The molecule has 1 aliphatic rings. The molecule has 1 aliphatic heterocycles. The predicted molar refractivity (Wildman–Crippen MR) is 113 cm³/mol. The first kappa shape index (κ1) is 21.9. The maximum Gasteiger partial charge on any atom is 0.451 e. The van der Waals surface area contributed by atoms with Crippen LogP contribution in [-0.2, 0) is 10.9 Å². The molecule has 3 heterocycles. The number of pyridine rings is 1. The second kappa shape index (κ2) is 9.07. The monoisotopic (exact) mass is 445 g/mol. The van der Waals surface area contributed by atoms with Crippen molar-refractivity contribution in [1.29, 1.82) is 0 Å². The number of alkyl halides is 3. The maximum atomic E-state index is 12.8. The molecule has 1 saturated heterocycles. The highest BCUT2D eigenvalue weighted by Gasteiger charge is 2.34. The molecule has 0 saturated carbocycles. The van der Waals surface area contributed by atoms with Crippen molar-refractivity contribution >= 4 is 22.6 Å². The van der Waals surface area contributed by atoms with E-state index in [2.05, 4.69) is 20.2 Å². The minimum Gasteiger partial charge on any atom is -0.378 e. The molecule has 1 aromatic carbocycles. The molecule has 7 nitrogen and oxygen atoms in total. The molecule has 32 heavy (non-hydrogen) atoms. The lowest BCUT2D eigenvalue weighted by atomic mass is 10.0. The molecule has 0 unspecified atom stereocenters. The van der Waals surface area contributed by atoms with E-state index in [-0.39, 0.29) is 18.4 Å². The SMILES string of the molecule is C[C@@H](CNC(=O)c1cccc2nc(N3CCOCC3)ccc12)c1cnc(C(F)(F)F)nc1. The van der Waals surface area contributed by atoms with Gasteiger partial charge in [0, 0.05) is 48.9 Å². The summed E-state index contributed by atoms with van der Waals surface area (Å²) in [6, 6.07) is 9.14. The highest BCUT2D eigenvalue weighted by Crippen LogP contribution is 2.26. The first-order valence-corrected chi connectivity index (χ1v) is 10.2. The van der Waals surface area contributed by atoms with Gasteiger partial charge in [-0.05, 0) is 29.8 Å². The van der Waals surface area contributed by atoms with Crippen molar-refractivity contribution in [2.45, 2.75) is 19.0 Å². The minimum atomic E-state index is -4.58. The third-order valence-electron chi connectivity index (χ3n) is 5.36. The largest absolute Gasteiger partial charge is 0.451 e. The summed E-state index contributed by atoms with van der Waals surface area (Å²) in [6.45, 7) is 4.86. The number of amides is 1. The van der Waals surface area contributed by atoms with Crippen LogP contribution in [0.3, 0.4) is 0 Å². The highest BCUT2D eigenvalue weighted by atomic mass is 19.4. The predicted octanol–water partition coefficient (Wildman–Crippen LogP) is 3.41. The van der Waals surface area contributed by atoms with Gasteiger partial charge in [0.25, 0.3) is 5.91 Å². The number of nitrogens with zero attached hydrogens (tertiary/aromatic N) is 4. The number of hydrogen-bond donors (Lipinski definition) is 1. The van der Waals surface area contributed by atoms with Gasteiger partial charge >= 0.3 is 6.18 Å². The smallest absolute Gasteiger partial charge is 0.378 e. The Balaban J connectivity index is 1.45. The molecule has 0 bridgehead atoms. The van der Waals surface area contributed by atoms with Gasteiger partial charge in [0.1, 0.15) is 5.82 Å². The summed E-state index contributed by atoms with van der Waals surface area (Å²) in [5.41, 5.74) is 1.71. The topological polar surface area (TPSA) is 80.2 Å². The van der Waals surface area contributed by atoms with Crippen molar-refractivity contribution in [2.75, 3.05) is 37.7 Å². The summed E-state index contributed by atoms with van der Waals surface area (Å²) in [7, 11) is 0. The molecule has 1 atom stereocenters. The number of halogens is 3. The van der Waals surface area contributed by atoms with E-state index < -0.39 is 12.0 Å². The Morgan fingerprint density at radius 3 is 2.56 bits per heavy atom. The van der Waals surface area contributed by atoms with Crippen LogP contribution in [0.25, 0.3) is 10.9 Å². The van der Waals surface area contributed by atoms with Crippen molar-refractivity contribution < 1.29 is 22.7 Å². The van der Waals surface area contributed by atoms with Gasteiger partial charge in [-0.3, -0.25) is 4.79 Å². The fourth-order valence-electron chi connectivity index (χ4n) is 3.51. The summed E-state index contributed by atoms with van der Waals surface area (Å²) >= 11 is 0. The number of rotatable bonds is 5. The Bertz CT molecular complexity index is 1100. The fraction of sp³-hybridized carbons (Fsp3) is 0.364. The zero-order chi connectivity index (χ0) is 22.7. The number of carbonyl (C=O) groups excluding carboxylic acids is 1. The first-order valence-electron chi connectivity index (χ1n) is 10.2. The van der Waals surface area contributed by atoms with Crippen molar-refractivity contribution in [2.24, 2.45) is 0 Å². The van der Waals surface area contributed by atoms with E-state index >= 15 is 0 Å². The molecular formula is C22H22F3N5O2. The summed E-state index contributed by atoms with van der Waals surface area (Å²) in [4.78, 5) is 26.4. The average molecular weight is 445 g/mol. The van der Waals surface area contributed by atoms with Crippen LogP contribution in [0.5, 0.6) is 0 Å². The molecule has 0 aliphatic carbocycles. The van der Waals surface area contributed by atoms with Gasteiger partial charge in [-0.1, -0.05) is 13.0 Å². The summed E-state index contributed by atoms with van der Waals surface area (Å²) in [5, 5.41) is 3.57. The third kappa shape index (κ3) is 4.80. The van der Waals surface area contributed by atoms with Crippen LogP contribution in [-0.4, -0.2) is 53.7 Å². The van der Waals surface area contributed by atoms with E-state index in [1.54, 1.807) is 19.1 Å². The number of hydrogen-bond acceptors (Lipinski definition) is 6. The Morgan fingerprint density at radius 2 is 1.88 bits per heavy atom. The zero-order valence-electron chi connectivity index (χ0n) is 17.4. The number of carbonyl (C=O) groups is 1. The number of morpholine rings is 1. The van der Waals surface area contributed by atoms with Gasteiger partial charge in [0.2, 0.25) is 5.82 Å². The lowest BCUT2D eigenvalue weighted by Crippen LogP contribution is -2.36. The fourth-order valence-corrected chi connectivity index (χ4v) is 3.51. The minimum absolute atomic E-state index is 0.225. The van der Waals surface area contributed by atoms with Crippen LogP contribution < -0.4 is 10.2 Å². The first-order chi connectivity index (χ1) is 15.3. The average Bonchev–Trinajstić information content (AvgIpc) is 2.81. The van der Waals surface area contributed by atoms with Gasteiger partial charge in [-0.2, -0.15) is 13.2 Å². The second-order valence-electron chi connectivity index (χ2n) is 7.59. The van der Waals surface area contributed by atoms with Crippen molar-refractivity contribution in [1.82, 2.24) is 20.3 Å². The highest BCUT2D eigenvalue weighted by molar-refractivity contribution is 6.06. The molecule has 3 aromatic rings. The zero-order valence-corrected chi connectivity index (χ0v) is 17.4. The molecule has 4 rings (SSSR count). The van der Waals surface area contributed by atoms with Crippen LogP contribution in [0.1, 0.15) is 34.6 Å². The van der Waals surface area contributed by atoms with Gasteiger partial charge < -0.3 is 15.0 Å². The second-order valence-corrected chi connectivity index (χ2v) is 7.59. The molecule has 1 fully saturated rings. The summed E-state index contributed by atoms with van der Waals surface area (Å²) in [6.07, 6.45) is -2.30. The van der Waals surface area contributed by atoms with E-state index in [1.807, 2.05) is 18.2 Å². The van der Waals surface area contributed by atoms with E-state index in [9.17, 15) is 18.0 Å². The van der Waals surface area contributed by atoms with Crippen LogP contribution in [0.15, 0.2) is 42.7 Å².